The van der Waals surface area contributed by atoms with Gasteiger partial charge >= 0.3 is 0 Å². The Balaban J connectivity index is 2.26. The van der Waals surface area contributed by atoms with Gasteiger partial charge in [-0.25, -0.2) is 8.42 Å². The second kappa shape index (κ2) is 10.3. The van der Waals surface area contributed by atoms with Gasteiger partial charge in [0.05, 0.1) is 17.9 Å². The molecule has 0 unspecified atom stereocenters. The summed E-state index contributed by atoms with van der Waals surface area (Å²) in [6, 6.07) is 6.08. The number of sulfonamides is 1. The average Bonchev–Trinajstić information content (AvgIpc) is 2.70. The van der Waals surface area contributed by atoms with Crippen LogP contribution in [0.3, 0.4) is 0 Å². The van der Waals surface area contributed by atoms with E-state index in [1.807, 2.05) is 0 Å². The van der Waals surface area contributed by atoms with Gasteiger partial charge in [0.25, 0.3) is 21.3 Å². The molecule has 0 saturated heterocycles. The largest absolute Gasteiger partial charge is 0.391 e. The minimum Gasteiger partial charge on any atom is -0.391 e. The molecule has 2 rings (SSSR count). The van der Waals surface area contributed by atoms with Gasteiger partial charge in [0.1, 0.15) is 12.3 Å². The summed E-state index contributed by atoms with van der Waals surface area (Å²) in [4.78, 5) is 41.5. The number of carbonyl (C=O) groups is 1. The molecule has 1 amide bonds. The van der Waals surface area contributed by atoms with Crippen LogP contribution in [0.2, 0.25) is 0 Å². The summed E-state index contributed by atoms with van der Waals surface area (Å²) in [6.45, 7) is 1.55. The van der Waals surface area contributed by atoms with Gasteiger partial charge in [-0.05, 0) is 29.8 Å². The molecule has 15 heteroatoms. The van der Waals surface area contributed by atoms with Gasteiger partial charge in [-0.15, -0.1) is 0 Å². The number of anilines is 1. The highest BCUT2D eigenvalue weighted by molar-refractivity contribution is 7.92. The highest BCUT2D eigenvalue weighted by Crippen LogP contribution is 2.25. The van der Waals surface area contributed by atoms with Crippen molar-refractivity contribution in [3.63, 3.8) is 0 Å². The van der Waals surface area contributed by atoms with Crippen LogP contribution in [0.1, 0.15) is 11.3 Å². The Labute approximate surface area is 181 Å². The van der Waals surface area contributed by atoms with E-state index in [-0.39, 0.29) is 31.1 Å². The number of amides is 1. The zero-order chi connectivity index (χ0) is 23.9. The quantitative estimate of drug-likeness (QED) is 0.0973. The number of hydrogen-bond acceptors (Lipinski definition) is 8. The summed E-state index contributed by atoms with van der Waals surface area (Å²) in [5.74, 6) is -0.833. The van der Waals surface area contributed by atoms with E-state index in [1.54, 1.807) is 6.92 Å². The Bertz CT molecular complexity index is 1200. The van der Waals surface area contributed by atoms with Crippen molar-refractivity contribution >= 4 is 33.3 Å². The maximum absolute atomic E-state index is 12.8. The maximum atomic E-state index is 12.8. The monoisotopic (exact) mass is 467 g/mol. The van der Waals surface area contributed by atoms with Crippen molar-refractivity contribution in [2.24, 2.45) is 16.6 Å². The number of oxime groups is 1. The number of aromatic nitrogens is 1. The Morgan fingerprint density at radius 3 is 2.66 bits per heavy atom. The highest BCUT2D eigenvalue weighted by atomic mass is 32.2. The van der Waals surface area contributed by atoms with Crippen LogP contribution >= 0.6 is 0 Å². The number of para-hydroxylation sites is 1. The van der Waals surface area contributed by atoms with E-state index >= 15 is 0 Å². The minimum atomic E-state index is -4.52. The Morgan fingerprint density at radius 1 is 1.31 bits per heavy atom. The first kappa shape index (κ1) is 24.1. The van der Waals surface area contributed by atoms with Gasteiger partial charge < -0.3 is 26.6 Å². The smallest absolute Gasteiger partial charge is 0.289 e. The summed E-state index contributed by atoms with van der Waals surface area (Å²) in [6.07, 6.45) is -0.359. The van der Waals surface area contributed by atoms with Gasteiger partial charge in [-0.3, -0.25) is 24.4 Å². The number of nitrogens with two attached hydrogens (primary N) is 2. The SMILES string of the molecule is Cc1cc(CC(=O)NCCON=C(N)N)c(NS(=O)(=O)c2ccccc2[N+](=O)[O-])c(=O)[nH]1. The van der Waals surface area contributed by atoms with Crippen LogP contribution in [0.5, 0.6) is 0 Å². The van der Waals surface area contributed by atoms with Gasteiger partial charge in [-0.1, -0.05) is 12.1 Å². The van der Waals surface area contributed by atoms with Crippen molar-refractivity contribution in [2.75, 3.05) is 17.9 Å². The Morgan fingerprint density at radius 2 is 2.00 bits per heavy atom. The lowest BCUT2D eigenvalue weighted by molar-refractivity contribution is -0.387. The van der Waals surface area contributed by atoms with Crippen LogP contribution in [-0.4, -0.2) is 43.3 Å². The van der Waals surface area contributed by atoms with E-state index < -0.39 is 42.7 Å². The van der Waals surface area contributed by atoms with Gasteiger partial charge in [0.15, 0.2) is 4.90 Å². The molecule has 0 radical (unpaired) electrons. The third kappa shape index (κ3) is 6.43. The van der Waals surface area contributed by atoms with E-state index in [2.05, 4.69) is 20.2 Å². The highest BCUT2D eigenvalue weighted by Gasteiger charge is 2.27. The standard InChI is InChI=1S/C17H21N7O7S/c1-10-8-11(9-14(25)20-6-7-31-22-17(18)19)15(16(26)21-10)23-32(29,30)13-5-3-2-4-12(13)24(27)28/h2-5,8,23H,6-7,9H2,1H3,(H,20,25)(H,21,26)(H4,18,19,22). The molecule has 1 aromatic carbocycles. The van der Waals surface area contributed by atoms with Crippen LogP contribution in [0.15, 0.2) is 45.2 Å². The number of rotatable bonds is 10. The summed E-state index contributed by atoms with van der Waals surface area (Å²) >= 11 is 0. The Kier molecular flexibility index (Phi) is 7.73. The molecule has 32 heavy (non-hydrogen) atoms. The number of aryl methyl sites for hydroxylation is 1. The molecule has 172 valence electrons. The van der Waals surface area contributed by atoms with Gasteiger partial charge in [0, 0.05) is 11.8 Å². The first-order valence-corrected chi connectivity index (χ1v) is 10.5. The molecule has 1 aromatic heterocycles. The van der Waals surface area contributed by atoms with Crippen LogP contribution in [0, 0.1) is 17.0 Å². The van der Waals surface area contributed by atoms with Crippen LogP contribution in [0.4, 0.5) is 11.4 Å². The van der Waals surface area contributed by atoms with Crippen molar-refractivity contribution < 1.29 is 23.0 Å². The number of nitro benzene ring substituents is 1. The Hall–Kier alpha value is -4.14. The second-order valence-electron chi connectivity index (χ2n) is 6.39. The number of guanidine groups is 1. The molecule has 0 bridgehead atoms. The minimum absolute atomic E-state index is 0.0325. The normalized spacial score (nSPS) is 10.8. The molecule has 0 atom stereocenters. The summed E-state index contributed by atoms with van der Waals surface area (Å²) in [5.41, 5.74) is 8.71. The molecule has 0 aliphatic rings. The summed E-state index contributed by atoms with van der Waals surface area (Å²) in [7, 11) is -4.52. The van der Waals surface area contributed by atoms with Crippen molar-refractivity contribution in [2.45, 2.75) is 18.2 Å². The van der Waals surface area contributed by atoms with Gasteiger partial charge in [-0.2, -0.15) is 0 Å². The molecule has 0 fully saturated rings. The fraction of sp³-hybridized carbons (Fsp3) is 0.235. The lowest BCUT2D eigenvalue weighted by Crippen LogP contribution is -2.30. The average molecular weight is 467 g/mol. The number of nitrogens with zero attached hydrogens (tertiary/aromatic N) is 2. The lowest BCUT2D eigenvalue weighted by atomic mass is 10.1. The zero-order valence-electron chi connectivity index (χ0n) is 16.8. The van der Waals surface area contributed by atoms with Crippen LogP contribution < -0.4 is 27.1 Å². The number of hydrogen-bond donors (Lipinski definition) is 5. The van der Waals surface area contributed by atoms with E-state index in [0.717, 1.165) is 12.1 Å². The van der Waals surface area contributed by atoms with Crippen LogP contribution in [0.25, 0.3) is 0 Å². The number of H-pyrrole nitrogens is 1. The van der Waals surface area contributed by atoms with E-state index in [1.165, 1.54) is 18.2 Å². The molecular formula is C17H21N7O7S. The predicted octanol–water partition coefficient (Wildman–Crippen LogP) is -0.744. The zero-order valence-corrected chi connectivity index (χ0v) is 17.6. The van der Waals surface area contributed by atoms with Crippen molar-refractivity contribution in [3.05, 3.63) is 62.1 Å². The van der Waals surface area contributed by atoms with Gasteiger partial charge in [0.2, 0.25) is 11.9 Å². The lowest BCUT2D eigenvalue weighted by Gasteiger charge is -2.13. The molecule has 0 aliphatic carbocycles. The van der Waals surface area contributed by atoms with E-state index in [4.69, 9.17) is 16.3 Å². The first-order valence-electron chi connectivity index (χ1n) is 8.98. The molecule has 0 spiro atoms. The van der Waals surface area contributed by atoms with E-state index in [9.17, 15) is 28.1 Å². The number of aromatic amines is 1. The van der Waals surface area contributed by atoms with Crippen molar-refractivity contribution in [3.8, 4) is 0 Å². The van der Waals surface area contributed by atoms with Crippen molar-refractivity contribution in [1.82, 2.24) is 10.3 Å². The summed E-state index contributed by atoms with van der Waals surface area (Å²) in [5, 5.41) is 17.0. The van der Waals surface area contributed by atoms with E-state index in [0.29, 0.717) is 5.69 Å². The molecule has 2 aromatic rings. The first-order chi connectivity index (χ1) is 15.0. The van der Waals surface area contributed by atoms with Crippen LogP contribution in [-0.2, 0) is 26.1 Å². The molecule has 0 aliphatic heterocycles. The van der Waals surface area contributed by atoms with Crippen molar-refractivity contribution in [1.29, 1.82) is 0 Å². The second-order valence-corrected chi connectivity index (χ2v) is 8.04. The fourth-order valence-corrected chi connectivity index (χ4v) is 3.90. The third-order valence-electron chi connectivity index (χ3n) is 3.87. The molecule has 14 nitrogen and oxygen atoms in total. The maximum Gasteiger partial charge on any atom is 0.289 e. The third-order valence-corrected chi connectivity index (χ3v) is 5.27. The number of nitro groups is 1. The molecule has 0 saturated carbocycles. The number of carbonyl (C=O) groups excluding carboxylic acids is 1. The molecule has 7 N–H and O–H groups in total. The molecule has 1 heterocycles. The number of nitrogens with one attached hydrogen (secondary N) is 3. The number of pyridine rings is 1. The fourth-order valence-electron chi connectivity index (χ4n) is 2.62. The number of benzene rings is 1. The predicted molar refractivity (Wildman–Crippen MR) is 114 cm³/mol. The summed E-state index contributed by atoms with van der Waals surface area (Å²) < 4.78 is 27.6. The molecular weight excluding hydrogens is 446 g/mol. The topological polar surface area (TPSA) is 225 Å².